The van der Waals surface area contributed by atoms with Gasteiger partial charge in [-0.15, -0.1) is 6.42 Å². The summed E-state index contributed by atoms with van der Waals surface area (Å²) in [5.41, 5.74) is 0.496. The maximum Gasteiger partial charge on any atom is 0.0598 e. The van der Waals surface area contributed by atoms with Crippen LogP contribution in [0.1, 0.15) is 46.0 Å². The van der Waals surface area contributed by atoms with E-state index in [1.54, 1.807) is 0 Å². The first-order chi connectivity index (χ1) is 8.12. The maximum absolute atomic E-state index is 5.35. The summed E-state index contributed by atoms with van der Waals surface area (Å²) >= 11 is 0. The first-order valence-electron chi connectivity index (χ1n) is 7.04. The molecule has 1 atom stereocenters. The fourth-order valence-corrected chi connectivity index (χ4v) is 3.31. The molecule has 1 aliphatic heterocycles. The summed E-state index contributed by atoms with van der Waals surface area (Å²) in [5, 5.41) is 3.89. The second kappa shape index (κ2) is 5.42. The van der Waals surface area contributed by atoms with E-state index in [2.05, 4.69) is 30.0 Å². The SMILES string of the molecule is C#CCN1CCC(NC2CCCC2(C)C)CC1. The van der Waals surface area contributed by atoms with Crippen molar-refractivity contribution >= 4 is 0 Å². The number of hydrogen-bond donors (Lipinski definition) is 1. The van der Waals surface area contributed by atoms with Gasteiger partial charge in [0.1, 0.15) is 0 Å². The van der Waals surface area contributed by atoms with Gasteiger partial charge in [0.15, 0.2) is 0 Å². The zero-order valence-electron chi connectivity index (χ0n) is 11.3. The molecule has 0 aromatic carbocycles. The molecule has 1 N–H and O–H groups in total. The third-order valence-electron chi connectivity index (χ3n) is 4.60. The molecule has 0 aromatic heterocycles. The summed E-state index contributed by atoms with van der Waals surface area (Å²) in [4.78, 5) is 2.39. The third-order valence-corrected chi connectivity index (χ3v) is 4.60. The van der Waals surface area contributed by atoms with Gasteiger partial charge in [-0.25, -0.2) is 0 Å². The lowest BCUT2D eigenvalue weighted by Gasteiger charge is -2.36. The Morgan fingerprint density at radius 2 is 2.00 bits per heavy atom. The van der Waals surface area contributed by atoms with Gasteiger partial charge in [-0.3, -0.25) is 4.90 Å². The lowest BCUT2D eigenvalue weighted by atomic mass is 9.86. The van der Waals surface area contributed by atoms with Crippen molar-refractivity contribution in [3.05, 3.63) is 0 Å². The monoisotopic (exact) mass is 234 g/mol. The van der Waals surface area contributed by atoms with E-state index in [1.807, 2.05) is 0 Å². The molecule has 17 heavy (non-hydrogen) atoms. The summed E-state index contributed by atoms with van der Waals surface area (Å²) in [6.45, 7) is 7.96. The number of nitrogens with one attached hydrogen (secondary N) is 1. The predicted octanol–water partition coefficient (Wildman–Crippen LogP) is 2.25. The molecule has 2 heteroatoms. The molecule has 2 aliphatic rings. The van der Waals surface area contributed by atoms with Crippen LogP contribution in [0, 0.1) is 17.8 Å². The largest absolute Gasteiger partial charge is 0.311 e. The molecule has 2 nitrogen and oxygen atoms in total. The number of piperidine rings is 1. The lowest BCUT2D eigenvalue weighted by Crippen LogP contribution is -2.49. The van der Waals surface area contributed by atoms with Crippen molar-refractivity contribution in [2.24, 2.45) is 5.41 Å². The topological polar surface area (TPSA) is 15.3 Å². The van der Waals surface area contributed by atoms with E-state index in [4.69, 9.17) is 6.42 Å². The highest BCUT2D eigenvalue weighted by Crippen LogP contribution is 2.37. The minimum atomic E-state index is 0.496. The highest BCUT2D eigenvalue weighted by molar-refractivity contribution is 4.94. The Labute approximate surface area is 106 Å². The van der Waals surface area contributed by atoms with Gasteiger partial charge in [0, 0.05) is 25.2 Å². The molecule has 0 bridgehead atoms. The quantitative estimate of drug-likeness (QED) is 0.754. The van der Waals surface area contributed by atoms with Gasteiger partial charge in [-0.2, -0.15) is 0 Å². The van der Waals surface area contributed by atoms with Crippen LogP contribution >= 0.6 is 0 Å². The summed E-state index contributed by atoms with van der Waals surface area (Å²) in [6, 6.07) is 1.44. The van der Waals surface area contributed by atoms with Crippen LogP contribution in [0.3, 0.4) is 0 Å². The average Bonchev–Trinajstić information content (AvgIpc) is 2.62. The highest BCUT2D eigenvalue weighted by Gasteiger charge is 2.35. The first kappa shape index (κ1) is 12.9. The normalized spacial score (nSPS) is 30.3. The van der Waals surface area contributed by atoms with E-state index in [1.165, 1.54) is 32.1 Å². The van der Waals surface area contributed by atoms with Gasteiger partial charge in [-0.1, -0.05) is 26.2 Å². The third kappa shape index (κ3) is 3.24. The lowest BCUT2D eigenvalue weighted by molar-refractivity contribution is 0.184. The van der Waals surface area contributed by atoms with E-state index in [9.17, 15) is 0 Å². The Balaban J connectivity index is 1.77. The Kier molecular flexibility index (Phi) is 4.12. The first-order valence-corrected chi connectivity index (χ1v) is 7.04. The molecule has 0 radical (unpaired) electrons. The van der Waals surface area contributed by atoms with Crippen LogP contribution in [0.2, 0.25) is 0 Å². The van der Waals surface area contributed by atoms with E-state index in [0.29, 0.717) is 11.5 Å². The summed E-state index contributed by atoms with van der Waals surface area (Å²) < 4.78 is 0. The van der Waals surface area contributed by atoms with Crippen LogP contribution in [0.15, 0.2) is 0 Å². The molecule has 1 unspecified atom stereocenters. The predicted molar refractivity (Wildman–Crippen MR) is 72.9 cm³/mol. The van der Waals surface area contributed by atoms with E-state index in [-0.39, 0.29) is 0 Å². The molecular weight excluding hydrogens is 208 g/mol. The molecule has 0 aromatic rings. The minimum absolute atomic E-state index is 0.496. The standard InChI is InChI=1S/C15H26N2/c1-4-10-17-11-7-13(8-12-17)16-14-6-5-9-15(14,2)3/h1,13-14,16H,5-12H2,2-3H3. The van der Waals surface area contributed by atoms with Crippen LogP contribution in [-0.2, 0) is 0 Å². The Hall–Kier alpha value is -0.520. The molecule has 2 rings (SSSR count). The van der Waals surface area contributed by atoms with Gasteiger partial charge in [-0.05, 0) is 31.1 Å². The van der Waals surface area contributed by atoms with E-state index >= 15 is 0 Å². The zero-order valence-corrected chi connectivity index (χ0v) is 11.3. The van der Waals surface area contributed by atoms with Crippen LogP contribution < -0.4 is 5.32 Å². The van der Waals surface area contributed by atoms with Crippen molar-refractivity contribution in [3.63, 3.8) is 0 Å². The smallest absolute Gasteiger partial charge is 0.0598 e. The molecular formula is C15H26N2. The number of terminal acetylenes is 1. The van der Waals surface area contributed by atoms with Gasteiger partial charge < -0.3 is 5.32 Å². The van der Waals surface area contributed by atoms with Crippen molar-refractivity contribution in [2.75, 3.05) is 19.6 Å². The van der Waals surface area contributed by atoms with Crippen molar-refractivity contribution in [1.29, 1.82) is 0 Å². The number of hydrogen-bond acceptors (Lipinski definition) is 2. The fourth-order valence-electron chi connectivity index (χ4n) is 3.31. The summed E-state index contributed by atoms with van der Waals surface area (Å²) in [7, 11) is 0. The van der Waals surface area contributed by atoms with Gasteiger partial charge in [0.05, 0.1) is 6.54 Å². The maximum atomic E-state index is 5.35. The molecule has 1 saturated heterocycles. The van der Waals surface area contributed by atoms with Crippen LogP contribution in [0.25, 0.3) is 0 Å². The number of likely N-dealkylation sites (tertiary alicyclic amines) is 1. The van der Waals surface area contributed by atoms with Gasteiger partial charge >= 0.3 is 0 Å². The zero-order chi connectivity index (χ0) is 12.3. The molecule has 1 saturated carbocycles. The van der Waals surface area contributed by atoms with Crippen molar-refractivity contribution < 1.29 is 0 Å². The highest BCUT2D eigenvalue weighted by atomic mass is 15.1. The number of nitrogens with zero attached hydrogens (tertiary/aromatic N) is 1. The van der Waals surface area contributed by atoms with Gasteiger partial charge in [0.2, 0.25) is 0 Å². The molecule has 1 aliphatic carbocycles. The Bertz CT molecular complexity index is 282. The van der Waals surface area contributed by atoms with Crippen LogP contribution in [-0.4, -0.2) is 36.6 Å². The Morgan fingerprint density at radius 1 is 1.29 bits per heavy atom. The van der Waals surface area contributed by atoms with E-state index in [0.717, 1.165) is 25.7 Å². The van der Waals surface area contributed by atoms with Crippen molar-refractivity contribution in [2.45, 2.75) is 58.0 Å². The molecule has 96 valence electrons. The Morgan fingerprint density at radius 3 is 2.53 bits per heavy atom. The van der Waals surface area contributed by atoms with Crippen LogP contribution in [0.4, 0.5) is 0 Å². The molecule has 0 amide bonds. The summed E-state index contributed by atoms with van der Waals surface area (Å²) in [6.07, 6.45) is 12.0. The van der Waals surface area contributed by atoms with Crippen LogP contribution in [0.5, 0.6) is 0 Å². The summed E-state index contributed by atoms with van der Waals surface area (Å²) in [5.74, 6) is 2.74. The number of rotatable bonds is 3. The second-order valence-electron chi connectivity index (χ2n) is 6.35. The molecule has 2 fully saturated rings. The molecule has 0 spiro atoms. The van der Waals surface area contributed by atoms with Crippen molar-refractivity contribution in [3.8, 4) is 12.3 Å². The fraction of sp³-hybridized carbons (Fsp3) is 0.867. The average molecular weight is 234 g/mol. The van der Waals surface area contributed by atoms with E-state index < -0.39 is 0 Å². The van der Waals surface area contributed by atoms with Crippen molar-refractivity contribution in [1.82, 2.24) is 10.2 Å². The molecule has 1 heterocycles. The van der Waals surface area contributed by atoms with Gasteiger partial charge in [0.25, 0.3) is 0 Å². The second-order valence-corrected chi connectivity index (χ2v) is 6.35. The minimum Gasteiger partial charge on any atom is -0.311 e.